The van der Waals surface area contributed by atoms with E-state index in [9.17, 15) is 9.59 Å². The highest BCUT2D eigenvalue weighted by Gasteiger charge is 2.22. The van der Waals surface area contributed by atoms with Crippen LogP contribution in [0.15, 0.2) is 0 Å². The molecule has 0 aromatic heterocycles. The minimum Gasteiger partial charge on any atom is -0.481 e. The molecule has 0 rings (SSSR count). The molecule has 0 aromatic rings. The van der Waals surface area contributed by atoms with Gasteiger partial charge < -0.3 is 14.9 Å². The molecular weight excluding hydrogens is 220 g/mol. The van der Waals surface area contributed by atoms with E-state index in [1.807, 2.05) is 13.8 Å². The minimum atomic E-state index is -0.906. The molecule has 1 N–H and O–H groups in total. The average molecular weight is 240 g/mol. The maximum Gasteiger partial charge on any atom is 0.320 e. The lowest BCUT2D eigenvalue weighted by Crippen LogP contribution is -2.45. The molecule has 0 aliphatic heterocycles. The number of terminal acetylenes is 1. The Morgan fingerprint density at radius 3 is 2.18 bits per heavy atom. The van der Waals surface area contributed by atoms with Gasteiger partial charge in [0.05, 0.1) is 12.5 Å². The van der Waals surface area contributed by atoms with Gasteiger partial charge in [0.2, 0.25) is 0 Å². The Kier molecular flexibility index (Phi) is 6.80. The Labute approximate surface area is 102 Å². The second-order valence-corrected chi connectivity index (χ2v) is 3.78. The zero-order valence-corrected chi connectivity index (χ0v) is 10.6. The summed E-state index contributed by atoms with van der Waals surface area (Å²) in [6.45, 7) is 6.66. The van der Waals surface area contributed by atoms with Gasteiger partial charge in [0, 0.05) is 19.6 Å². The van der Waals surface area contributed by atoms with E-state index in [1.165, 1.54) is 9.80 Å². The van der Waals surface area contributed by atoms with Crippen LogP contribution in [-0.4, -0.2) is 53.1 Å². The molecular formula is C12H20N2O3. The molecule has 5 heteroatoms. The summed E-state index contributed by atoms with van der Waals surface area (Å²) >= 11 is 0. The number of rotatable bonds is 6. The summed E-state index contributed by atoms with van der Waals surface area (Å²) in [5.41, 5.74) is 0. The van der Waals surface area contributed by atoms with Crippen molar-refractivity contribution in [2.24, 2.45) is 5.92 Å². The van der Waals surface area contributed by atoms with Crippen LogP contribution in [0.1, 0.15) is 20.8 Å². The summed E-state index contributed by atoms with van der Waals surface area (Å²) < 4.78 is 0. The first-order chi connectivity index (χ1) is 7.97. The van der Waals surface area contributed by atoms with Crippen molar-refractivity contribution in [1.82, 2.24) is 9.80 Å². The van der Waals surface area contributed by atoms with E-state index >= 15 is 0 Å². The first kappa shape index (κ1) is 15.3. The zero-order chi connectivity index (χ0) is 13.4. The Morgan fingerprint density at radius 2 is 1.82 bits per heavy atom. The Hall–Kier alpha value is -1.70. The van der Waals surface area contributed by atoms with Crippen LogP contribution in [0.3, 0.4) is 0 Å². The molecule has 5 nitrogen and oxygen atoms in total. The number of carbonyl (C=O) groups is 2. The Morgan fingerprint density at radius 1 is 1.29 bits per heavy atom. The molecule has 96 valence electrons. The summed E-state index contributed by atoms with van der Waals surface area (Å²) in [5, 5.41) is 8.82. The van der Waals surface area contributed by atoms with Crippen LogP contribution in [0, 0.1) is 18.3 Å². The lowest BCUT2D eigenvalue weighted by molar-refractivity contribution is -0.141. The van der Waals surface area contributed by atoms with Gasteiger partial charge in [-0.25, -0.2) is 4.79 Å². The quantitative estimate of drug-likeness (QED) is 0.707. The topological polar surface area (TPSA) is 60.9 Å². The van der Waals surface area contributed by atoms with Gasteiger partial charge in [-0.05, 0) is 13.8 Å². The van der Waals surface area contributed by atoms with Crippen LogP contribution >= 0.6 is 0 Å². The molecule has 0 radical (unpaired) electrons. The fourth-order valence-electron chi connectivity index (χ4n) is 1.38. The average Bonchev–Trinajstić information content (AvgIpc) is 2.31. The van der Waals surface area contributed by atoms with Gasteiger partial charge in [0.15, 0.2) is 0 Å². The lowest BCUT2D eigenvalue weighted by Gasteiger charge is -2.29. The van der Waals surface area contributed by atoms with Crippen molar-refractivity contribution in [3.8, 4) is 12.3 Å². The fraction of sp³-hybridized carbons (Fsp3) is 0.667. The van der Waals surface area contributed by atoms with Gasteiger partial charge in [-0.1, -0.05) is 12.8 Å². The first-order valence-electron chi connectivity index (χ1n) is 5.67. The smallest absolute Gasteiger partial charge is 0.320 e. The molecule has 0 aromatic carbocycles. The van der Waals surface area contributed by atoms with E-state index in [0.717, 1.165) is 0 Å². The lowest BCUT2D eigenvalue weighted by atomic mass is 10.2. The third-order valence-corrected chi connectivity index (χ3v) is 2.50. The van der Waals surface area contributed by atoms with Crippen molar-refractivity contribution in [3.05, 3.63) is 0 Å². The SMILES string of the molecule is C#CCN(CC)C(=O)N(CC)CC(C)C(=O)O. The van der Waals surface area contributed by atoms with Crippen LogP contribution in [0.25, 0.3) is 0 Å². The van der Waals surface area contributed by atoms with E-state index in [4.69, 9.17) is 11.5 Å². The largest absolute Gasteiger partial charge is 0.481 e. The normalized spacial score (nSPS) is 11.4. The molecule has 0 saturated heterocycles. The molecule has 1 atom stereocenters. The maximum atomic E-state index is 12.0. The maximum absolute atomic E-state index is 12.0. The number of urea groups is 1. The highest BCUT2D eigenvalue weighted by atomic mass is 16.4. The number of nitrogens with zero attached hydrogens (tertiary/aromatic N) is 2. The number of aliphatic carboxylic acids is 1. The van der Waals surface area contributed by atoms with Gasteiger partial charge >= 0.3 is 12.0 Å². The van der Waals surface area contributed by atoms with Gasteiger partial charge in [0.1, 0.15) is 0 Å². The van der Waals surface area contributed by atoms with Gasteiger partial charge in [-0.15, -0.1) is 6.42 Å². The van der Waals surface area contributed by atoms with Crippen LogP contribution < -0.4 is 0 Å². The first-order valence-corrected chi connectivity index (χ1v) is 5.67. The van der Waals surface area contributed by atoms with Gasteiger partial charge in [-0.2, -0.15) is 0 Å². The summed E-state index contributed by atoms with van der Waals surface area (Å²) in [7, 11) is 0. The van der Waals surface area contributed by atoms with Crippen LogP contribution in [0.5, 0.6) is 0 Å². The summed E-state index contributed by atoms with van der Waals surface area (Å²) in [5.74, 6) is 0.930. The van der Waals surface area contributed by atoms with Crippen molar-refractivity contribution >= 4 is 12.0 Å². The highest BCUT2D eigenvalue weighted by molar-refractivity contribution is 5.76. The molecule has 0 bridgehead atoms. The second kappa shape index (κ2) is 7.55. The third-order valence-electron chi connectivity index (χ3n) is 2.50. The third kappa shape index (κ3) is 4.77. The molecule has 0 fully saturated rings. The molecule has 17 heavy (non-hydrogen) atoms. The van der Waals surface area contributed by atoms with Crippen molar-refractivity contribution < 1.29 is 14.7 Å². The van der Waals surface area contributed by atoms with Gasteiger partial charge in [0.25, 0.3) is 0 Å². The number of carbonyl (C=O) groups excluding carboxylic acids is 1. The fourth-order valence-corrected chi connectivity index (χ4v) is 1.38. The van der Waals surface area contributed by atoms with Gasteiger partial charge in [-0.3, -0.25) is 4.79 Å². The molecule has 0 saturated carbocycles. The molecule has 0 aliphatic carbocycles. The monoisotopic (exact) mass is 240 g/mol. The minimum absolute atomic E-state index is 0.200. The highest BCUT2D eigenvalue weighted by Crippen LogP contribution is 2.04. The predicted molar refractivity (Wildman–Crippen MR) is 65.5 cm³/mol. The number of hydrogen-bond acceptors (Lipinski definition) is 2. The Bertz CT molecular complexity index is 309. The van der Waals surface area contributed by atoms with E-state index in [-0.39, 0.29) is 19.1 Å². The van der Waals surface area contributed by atoms with Crippen LogP contribution in [0.4, 0.5) is 4.79 Å². The summed E-state index contributed by atoms with van der Waals surface area (Å²) in [4.78, 5) is 25.8. The van der Waals surface area contributed by atoms with Crippen molar-refractivity contribution in [1.29, 1.82) is 0 Å². The van der Waals surface area contributed by atoms with E-state index in [0.29, 0.717) is 13.1 Å². The van der Waals surface area contributed by atoms with Crippen molar-refractivity contribution in [3.63, 3.8) is 0 Å². The second-order valence-electron chi connectivity index (χ2n) is 3.78. The van der Waals surface area contributed by atoms with E-state index < -0.39 is 11.9 Å². The van der Waals surface area contributed by atoms with Crippen molar-refractivity contribution in [2.75, 3.05) is 26.2 Å². The molecule has 2 amide bonds. The summed E-state index contributed by atoms with van der Waals surface area (Å²) in [6, 6.07) is -0.207. The van der Waals surface area contributed by atoms with Crippen LogP contribution in [-0.2, 0) is 4.79 Å². The van der Waals surface area contributed by atoms with E-state index in [2.05, 4.69) is 5.92 Å². The Balaban J connectivity index is 4.59. The van der Waals surface area contributed by atoms with E-state index in [1.54, 1.807) is 6.92 Å². The molecule has 0 aliphatic rings. The molecule has 1 unspecified atom stereocenters. The number of carboxylic acid groups (broad SMARTS) is 1. The standard InChI is InChI=1S/C12H20N2O3/c1-5-8-13(6-2)12(17)14(7-3)9-10(4)11(15)16/h1,10H,6-9H2,2-4H3,(H,15,16). The predicted octanol–water partition coefficient (Wildman–Crippen LogP) is 1.10. The number of hydrogen-bond donors (Lipinski definition) is 1. The van der Waals surface area contributed by atoms with Crippen molar-refractivity contribution in [2.45, 2.75) is 20.8 Å². The summed E-state index contributed by atoms with van der Waals surface area (Å²) in [6.07, 6.45) is 5.18. The number of amides is 2. The molecule has 0 heterocycles. The molecule has 0 spiro atoms. The number of carboxylic acids is 1. The van der Waals surface area contributed by atoms with Crippen LogP contribution in [0.2, 0.25) is 0 Å². The zero-order valence-electron chi connectivity index (χ0n) is 10.6.